The van der Waals surface area contributed by atoms with Crippen LogP contribution < -0.4 is 6.15 Å². The second-order valence-electron chi connectivity index (χ2n) is 7.94. The van der Waals surface area contributed by atoms with Crippen LogP contribution in [0.5, 0.6) is 0 Å². The second-order valence-corrected chi connectivity index (χ2v) is 9.13. The van der Waals surface area contributed by atoms with Crippen LogP contribution in [-0.2, 0) is 9.09 Å². The van der Waals surface area contributed by atoms with Gasteiger partial charge in [-0.3, -0.25) is 4.52 Å². The van der Waals surface area contributed by atoms with E-state index in [0.717, 1.165) is 19.3 Å². The van der Waals surface area contributed by atoms with Gasteiger partial charge in [0.05, 0.1) is 11.7 Å². The standard InChI is InChI=1S/C20H43O5P.H3N/c1-4-5-6-7-8-9-10-11-12-13-14-15-16-17-18-20(3,21)19(2)25-26(22,23)24;/h19,21H,4-18H2,1-3H3,(H2,22,23,24);1H3. The lowest BCUT2D eigenvalue weighted by Crippen LogP contribution is -2.38. The molecular weight excluding hydrogens is 365 g/mol. The van der Waals surface area contributed by atoms with E-state index in [1.54, 1.807) is 6.92 Å². The Hall–Kier alpha value is 0.0300. The van der Waals surface area contributed by atoms with E-state index < -0.39 is 19.5 Å². The average molecular weight is 412 g/mol. The molecule has 0 rings (SSSR count). The van der Waals surface area contributed by atoms with Gasteiger partial charge in [0.1, 0.15) is 0 Å². The summed E-state index contributed by atoms with van der Waals surface area (Å²) in [4.78, 5) is 17.6. The molecule has 27 heavy (non-hydrogen) atoms. The van der Waals surface area contributed by atoms with Gasteiger partial charge in [-0.2, -0.15) is 0 Å². The first-order valence-electron chi connectivity index (χ1n) is 10.7. The largest absolute Gasteiger partial charge is 0.469 e. The molecule has 0 aromatic carbocycles. The van der Waals surface area contributed by atoms with Gasteiger partial charge in [-0.1, -0.05) is 96.8 Å². The highest BCUT2D eigenvalue weighted by molar-refractivity contribution is 7.46. The smallest absolute Gasteiger partial charge is 0.387 e. The highest BCUT2D eigenvalue weighted by Gasteiger charge is 2.33. The highest BCUT2D eigenvalue weighted by Crippen LogP contribution is 2.40. The maximum atomic E-state index is 10.9. The van der Waals surface area contributed by atoms with Crippen LogP contribution in [0.3, 0.4) is 0 Å². The Morgan fingerprint density at radius 3 is 1.48 bits per heavy atom. The molecule has 0 aromatic rings. The molecule has 0 bridgehead atoms. The van der Waals surface area contributed by atoms with Crippen molar-refractivity contribution in [1.29, 1.82) is 0 Å². The maximum absolute atomic E-state index is 10.9. The van der Waals surface area contributed by atoms with Crippen LogP contribution in [0.4, 0.5) is 0 Å². The van der Waals surface area contributed by atoms with Crippen molar-refractivity contribution in [2.45, 2.75) is 129 Å². The van der Waals surface area contributed by atoms with Crippen molar-refractivity contribution >= 4 is 7.82 Å². The van der Waals surface area contributed by atoms with Crippen LogP contribution in [0, 0.1) is 0 Å². The molecule has 0 aliphatic heterocycles. The Balaban J connectivity index is 0. The van der Waals surface area contributed by atoms with Gasteiger partial charge in [0.25, 0.3) is 0 Å². The third-order valence-corrected chi connectivity index (χ3v) is 5.80. The Morgan fingerprint density at radius 1 is 0.815 bits per heavy atom. The Labute approximate surface area is 167 Å². The lowest BCUT2D eigenvalue weighted by molar-refractivity contribution is -0.0563. The lowest BCUT2D eigenvalue weighted by Gasteiger charge is -2.30. The number of unbranched alkanes of at least 4 members (excludes halogenated alkanes) is 13. The summed E-state index contributed by atoms with van der Waals surface area (Å²) in [5.74, 6) is 0. The van der Waals surface area contributed by atoms with Gasteiger partial charge >= 0.3 is 7.82 Å². The monoisotopic (exact) mass is 411 g/mol. The third kappa shape index (κ3) is 19.1. The number of aliphatic hydroxyl groups is 1. The first-order valence-corrected chi connectivity index (χ1v) is 12.2. The van der Waals surface area contributed by atoms with E-state index in [1.165, 1.54) is 77.6 Å². The van der Waals surface area contributed by atoms with Crippen molar-refractivity contribution in [2.75, 3.05) is 0 Å². The molecule has 0 fully saturated rings. The van der Waals surface area contributed by atoms with Gasteiger partial charge in [0.2, 0.25) is 0 Å². The van der Waals surface area contributed by atoms with Gasteiger partial charge in [0, 0.05) is 0 Å². The minimum atomic E-state index is -4.55. The fourth-order valence-corrected chi connectivity index (χ4v) is 3.84. The first kappa shape index (κ1) is 29.2. The molecule has 0 saturated carbocycles. The predicted octanol–water partition coefficient (Wildman–Crippen LogP) is 6.27. The summed E-state index contributed by atoms with van der Waals surface area (Å²) in [6.45, 7) is 5.34. The van der Waals surface area contributed by atoms with Crippen LogP contribution in [0.25, 0.3) is 0 Å². The molecule has 0 heterocycles. The zero-order chi connectivity index (χ0) is 19.9. The van der Waals surface area contributed by atoms with E-state index in [2.05, 4.69) is 11.4 Å². The molecule has 2 unspecified atom stereocenters. The fraction of sp³-hybridized carbons (Fsp3) is 1.00. The maximum Gasteiger partial charge on any atom is 0.469 e. The first-order chi connectivity index (χ1) is 12.2. The van der Waals surface area contributed by atoms with Crippen LogP contribution >= 0.6 is 7.82 Å². The topological polar surface area (TPSA) is 122 Å². The summed E-state index contributed by atoms with van der Waals surface area (Å²) in [7, 11) is -4.55. The van der Waals surface area contributed by atoms with E-state index in [4.69, 9.17) is 9.79 Å². The minimum Gasteiger partial charge on any atom is -0.387 e. The van der Waals surface area contributed by atoms with Gasteiger partial charge in [-0.15, -0.1) is 0 Å². The van der Waals surface area contributed by atoms with E-state index >= 15 is 0 Å². The molecule has 0 aliphatic rings. The van der Waals surface area contributed by atoms with Gasteiger partial charge in [-0.25, -0.2) is 4.57 Å². The predicted molar refractivity (Wildman–Crippen MR) is 113 cm³/mol. The van der Waals surface area contributed by atoms with Gasteiger partial charge in [0.15, 0.2) is 0 Å². The van der Waals surface area contributed by atoms with Crippen molar-refractivity contribution in [3.63, 3.8) is 0 Å². The molecule has 166 valence electrons. The summed E-state index contributed by atoms with van der Waals surface area (Å²) in [5.41, 5.74) is -1.21. The zero-order valence-corrected chi connectivity index (χ0v) is 18.9. The fourth-order valence-electron chi connectivity index (χ4n) is 3.20. The van der Waals surface area contributed by atoms with Crippen molar-refractivity contribution in [3.05, 3.63) is 0 Å². The molecule has 0 saturated heterocycles. The van der Waals surface area contributed by atoms with Crippen LogP contribution in [-0.4, -0.2) is 26.6 Å². The van der Waals surface area contributed by atoms with Crippen LogP contribution in [0.1, 0.15) is 117 Å². The van der Waals surface area contributed by atoms with E-state index in [0.29, 0.717) is 6.42 Å². The van der Waals surface area contributed by atoms with Gasteiger partial charge in [-0.05, 0) is 20.3 Å². The van der Waals surface area contributed by atoms with Crippen LogP contribution in [0.15, 0.2) is 0 Å². The lowest BCUT2D eigenvalue weighted by atomic mass is 9.93. The highest BCUT2D eigenvalue weighted by atomic mass is 31.2. The molecule has 6 N–H and O–H groups in total. The molecule has 2 atom stereocenters. The summed E-state index contributed by atoms with van der Waals surface area (Å²) in [6, 6.07) is 0. The summed E-state index contributed by atoms with van der Waals surface area (Å²) >= 11 is 0. The number of phosphoric acid groups is 1. The molecule has 0 spiro atoms. The quantitative estimate of drug-likeness (QED) is 0.156. The number of phosphoric ester groups is 1. The third-order valence-electron chi connectivity index (χ3n) is 5.21. The molecule has 0 aromatic heterocycles. The summed E-state index contributed by atoms with van der Waals surface area (Å²) in [5, 5.41) is 10.3. The van der Waals surface area contributed by atoms with Crippen molar-refractivity contribution in [3.8, 4) is 0 Å². The van der Waals surface area contributed by atoms with Crippen molar-refractivity contribution < 1.29 is 24.0 Å². The molecule has 7 heteroatoms. The van der Waals surface area contributed by atoms with Crippen molar-refractivity contribution in [1.82, 2.24) is 6.15 Å². The minimum absolute atomic E-state index is 0. The average Bonchev–Trinajstić information content (AvgIpc) is 2.53. The summed E-state index contributed by atoms with van der Waals surface area (Å²) < 4.78 is 15.4. The van der Waals surface area contributed by atoms with Crippen molar-refractivity contribution in [2.24, 2.45) is 0 Å². The Morgan fingerprint density at radius 2 is 1.15 bits per heavy atom. The number of hydrogen-bond donors (Lipinski definition) is 4. The molecule has 0 aliphatic carbocycles. The number of hydrogen-bond acceptors (Lipinski definition) is 4. The molecular formula is C20H46NO5P. The van der Waals surface area contributed by atoms with E-state index in [1.807, 2.05) is 0 Å². The zero-order valence-electron chi connectivity index (χ0n) is 18.0. The molecule has 0 amide bonds. The molecule has 6 nitrogen and oxygen atoms in total. The molecule has 0 radical (unpaired) electrons. The summed E-state index contributed by atoms with van der Waals surface area (Å²) in [6.07, 6.45) is 17.5. The number of rotatable bonds is 18. The van der Waals surface area contributed by atoms with Crippen LogP contribution in [0.2, 0.25) is 0 Å². The van der Waals surface area contributed by atoms with Gasteiger partial charge < -0.3 is 21.0 Å². The SMILES string of the molecule is CCCCCCCCCCCCCCCCC(C)(O)C(C)OP(=O)(O)O.N. The Bertz CT molecular complexity index is 373. The Kier molecular flexibility index (Phi) is 18.3. The van der Waals surface area contributed by atoms with E-state index in [-0.39, 0.29) is 6.15 Å². The van der Waals surface area contributed by atoms with E-state index in [9.17, 15) is 9.67 Å². The second kappa shape index (κ2) is 16.9. The normalized spacial score (nSPS) is 15.2.